The molecule has 0 aliphatic carbocycles. The molecule has 9 nitrogen and oxygen atoms in total. The second-order valence-electron chi connectivity index (χ2n) is 5.93. The predicted octanol–water partition coefficient (Wildman–Crippen LogP) is 0.0496. The Hall–Kier alpha value is -2.37. The van der Waals surface area contributed by atoms with Crippen molar-refractivity contribution in [3.05, 3.63) is 33.7 Å². The number of nitrogens with zero attached hydrogens (tertiary/aromatic N) is 1. The fraction of sp³-hybridized carbons (Fsp3) is 0.375. The maximum atomic E-state index is 12.5. The molecule has 0 bridgehead atoms. The molecule has 0 spiro atoms. The zero-order chi connectivity index (χ0) is 19.7. The minimum Gasteiger partial charge on any atom is -0.477 e. The Balaban J connectivity index is 1.72. The average Bonchev–Trinajstić information content (AvgIpc) is 3.16. The first kappa shape index (κ1) is 19.4. The van der Waals surface area contributed by atoms with E-state index in [0.717, 1.165) is 4.90 Å². The van der Waals surface area contributed by atoms with E-state index in [1.165, 1.54) is 30.0 Å². The molecule has 2 aliphatic heterocycles. The summed E-state index contributed by atoms with van der Waals surface area (Å²) in [7, 11) is 0. The normalized spacial score (nSPS) is 22.6. The van der Waals surface area contributed by atoms with E-state index in [1.54, 1.807) is 17.5 Å². The lowest BCUT2D eigenvalue weighted by Gasteiger charge is -2.49. The number of thioether (sulfide) groups is 1. The van der Waals surface area contributed by atoms with Crippen molar-refractivity contribution in [1.82, 2.24) is 10.2 Å². The molecule has 0 saturated carbocycles. The van der Waals surface area contributed by atoms with Gasteiger partial charge in [-0.3, -0.25) is 19.3 Å². The number of β-lactam (4-membered cyclic amide) rings is 1. The standard InChI is InChI=1S/C16H17N3O6S2/c1-7(20)25-5-8-6-27-15-11(14(22)19(15)12(8)16(23)24)18-13(21)10(17)9-3-2-4-26-9/h2-4,10-11,15H,5-6,17H2,1H3,(H,18,21)(H,23,24)/t10?,11-,15-/m1/s1. The van der Waals surface area contributed by atoms with Crippen LogP contribution in [0.4, 0.5) is 0 Å². The van der Waals surface area contributed by atoms with Crippen molar-refractivity contribution in [3.8, 4) is 0 Å². The molecular formula is C16H17N3O6S2. The van der Waals surface area contributed by atoms with Gasteiger partial charge in [0.25, 0.3) is 5.91 Å². The molecule has 2 amide bonds. The summed E-state index contributed by atoms with van der Waals surface area (Å²) in [5.41, 5.74) is 6.05. The third-order valence-electron chi connectivity index (χ3n) is 4.13. The van der Waals surface area contributed by atoms with E-state index < -0.39 is 41.2 Å². The molecule has 1 unspecified atom stereocenters. The van der Waals surface area contributed by atoms with Crippen molar-refractivity contribution in [2.24, 2.45) is 5.73 Å². The molecule has 144 valence electrons. The van der Waals surface area contributed by atoms with Gasteiger partial charge in [0.2, 0.25) is 5.91 Å². The van der Waals surface area contributed by atoms with Crippen molar-refractivity contribution in [2.45, 2.75) is 24.4 Å². The van der Waals surface area contributed by atoms with Gasteiger partial charge < -0.3 is 20.9 Å². The third kappa shape index (κ3) is 3.70. The van der Waals surface area contributed by atoms with Gasteiger partial charge in [-0.25, -0.2) is 4.79 Å². The third-order valence-corrected chi connectivity index (χ3v) is 6.42. The van der Waals surface area contributed by atoms with Crippen molar-refractivity contribution in [3.63, 3.8) is 0 Å². The minimum absolute atomic E-state index is 0.194. The summed E-state index contributed by atoms with van der Waals surface area (Å²) in [5.74, 6) is -2.58. The lowest BCUT2D eigenvalue weighted by molar-refractivity contribution is -0.151. The fourth-order valence-corrected chi connectivity index (χ4v) is 4.88. The van der Waals surface area contributed by atoms with Gasteiger partial charge in [-0.05, 0) is 11.4 Å². The minimum atomic E-state index is -1.28. The van der Waals surface area contributed by atoms with Gasteiger partial charge in [0.1, 0.15) is 29.8 Å². The van der Waals surface area contributed by atoms with Crippen LogP contribution in [0.25, 0.3) is 0 Å². The van der Waals surface area contributed by atoms with Crippen molar-refractivity contribution in [2.75, 3.05) is 12.4 Å². The Labute approximate surface area is 162 Å². The highest BCUT2D eigenvalue weighted by atomic mass is 32.2. The van der Waals surface area contributed by atoms with E-state index in [1.807, 2.05) is 0 Å². The van der Waals surface area contributed by atoms with Crippen LogP contribution in [0, 0.1) is 0 Å². The molecule has 1 aromatic rings. The van der Waals surface area contributed by atoms with Crippen LogP contribution in [0.2, 0.25) is 0 Å². The van der Waals surface area contributed by atoms with Gasteiger partial charge >= 0.3 is 11.9 Å². The summed E-state index contributed by atoms with van der Waals surface area (Å²) in [5, 5.41) is 13.4. The average molecular weight is 411 g/mol. The number of hydrogen-bond donors (Lipinski definition) is 3. The van der Waals surface area contributed by atoms with Crippen LogP contribution in [-0.2, 0) is 23.9 Å². The van der Waals surface area contributed by atoms with E-state index in [9.17, 15) is 24.3 Å². The van der Waals surface area contributed by atoms with Crippen molar-refractivity contribution < 1.29 is 29.0 Å². The van der Waals surface area contributed by atoms with Crippen LogP contribution in [0.1, 0.15) is 17.8 Å². The molecule has 1 fully saturated rings. The summed E-state index contributed by atoms with van der Waals surface area (Å²) in [6.07, 6.45) is 0. The zero-order valence-corrected chi connectivity index (χ0v) is 15.8. The molecule has 2 aliphatic rings. The number of carbonyl (C=O) groups excluding carboxylic acids is 3. The van der Waals surface area contributed by atoms with Crippen LogP contribution in [0.3, 0.4) is 0 Å². The van der Waals surface area contributed by atoms with E-state index in [-0.39, 0.29) is 18.1 Å². The van der Waals surface area contributed by atoms with Gasteiger partial charge in [0, 0.05) is 23.1 Å². The fourth-order valence-electron chi connectivity index (χ4n) is 2.82. The van der Waals surface area contributed by atoms with Crippen LogP contribution in [0.5, 0.6) is 0 Å². The summed E-state index contributed by atoms with van der Waals surface area (Å²) >= 11 is 2.63. The molecular weight excluding hydrogens is 394 g/mol. The number of amides is 2. The van der Waals surface area contributed by atoms with Gasteiger partial charge in [-0.2, -0.15) is 0 Å². The number of esters is 1. The smallest absolute Gasteiger partial charge is 0.352 e. The van der Waals surface area contributed by atoms with Crippen LogP contribution in [0.15, 0.2) is 28.8 Å². The number of carbonyl (C=O) groups is 4. The Morgan fingerprint density at radius 3 is 2.81 bits per heavy atom. The Morgan fingerprint density at radius 1 is 1.48 bits per heavy atom. The number of nitrogens with one attached hydrogen (secondary N) is 1. The van der Waals surface area contributed by atoms with Crippen molar-refractivity contribution in [1.29, 1.82) is 0 Å². The number of hydrogen-bond acceptors (Lipinski definition) is 8. The first-order valence-electron chi connectivity index (χ1n) is 7.94. The van der Waals surface area contributed by atoms with Crippen LogP contribution < -0.4 is 11.1 Å². The highest BCUT2D eigenvalue weighted by Crippen LogP contribution is 2.40. The molecule has 1 saturated heterocycles. The topological polar surface area (TPSA) is 139 Å². The number of thiophene rings is 1. The quantitative estimate of drug-likeness (QED) is 0.441. The highest BCUT2D eigenvalue weighted by molar-refractivity contribution is 8.00. The number of carboxylic acids is 1. The van der Waals surface area contributed by atoms with Crippen molar-refractivity contribution >= 4 is 46.9 Å². The van der Waals surface area contributed by atoms with Crippen LogP contribution >= 0.6 is 23.1 Å². The van der Waals surface area contributed by atoms with Gasteiger partial charge in [0.05, 0.1) is 0 Å². The maximum Gasteiger partial charge on any atom is 0.352 e. The summed E-state index contributed by atoms with van der Waals surface area (Å²) in [4.78, 5) is 49.2. The monoisotopic (exact) mass is 411 g/mol. The predicted molar refractivity (Wildman–Crippen MR) is 97.6 cm³/mol. The second kappa shape index (κ2) is 7.71. The Kier molecular flexibility index (Phi) is 5.53. The molecule has 3 rings (SSSR count). The lowest BCUT2D eigenvalue weighted by Crippen LogP contribution is -2.71. The molecule has 27 heavy (non-hydrogen) atoms. The molecule has 1 aromatic heterocycles. The number of carboxylic acid groups (broad SMARTS) is 1. The number of rotatable bonds is 6. The maximum absolute atomic E-state index is 12.5. The SMILES string of the molecule is CC(=O)OCC1=C(C(=O)O)N2C(=O)[C@@H](NC(=O)C(N)c3cccs3)[C@H]2SC1. The number of nitrogens with two attached hydrogens (primary N) is 1. The van der Waals surface area contributed by atoms with E-state index in [0.29, 0.717) is 10.5 Å². The first-order valence-corrected chi connectivity index (χ1v) is 9.86. The van der Waals surface area contributed by atoms with Gasteiger partial charge in [-0.1, -0.05) is 6.07 Å². The van der Waals surface area contributed by atoms with E-state index in [2.05, 4.69) is 5.32 Å². The number of fused-ring (bicyclic) bond motifs is 1. The molecule has 4 N–H and O–H groups in total. The van der Waals surface area contributed by atoms with Crippen LogP contribution in [-0.4, -0.2) is 57.5 Å². The van der Waals surface area contributed by atoms with Gasteiger partial charge in [-0.15, -0.1) is 23.1 Å². The molecule has 3 atom stereocenters. The molecule has 3 heterocycles. The summed E-state index contributed by atoms with van der Waals surface area (Å²) in [6, 6.07) is 1.76. The zero-order valence-electron chi connectivity index (χ0n) is 14.2. The Bertz CT molecular complexity index is 822. The van der Waals surface area contributed by atoms with E-state index >= 15 is 0 Å². The number of aliphatic carboxylic acids is 1. The molecule has 11 heteroatoms. The summed E-state index contributed by atoms with van der Waals surface area (Å²) in [6.45, 7) is 1.03. The molecule has 0 aromatic carbocycles. The van der Waals surface area contributed by atoms with Gasteiger partial charge in [0.15, 0.2) is 0 Å². The highest BCUT2D eigenvalue weighted by Gasteiger charge is 2.54. The van der Waals surface area contributed by atoms with E-state index in [4.69, 9.17) is 10.5 Å². The first-order chi connectivity index (χ1) is 12.8. The number of ether oxygens (including phenoxy) is 1. The summed E-state index contributed by atoms with van der Waals surface area (Å²) < 4.78 is 4.87. The molecule has 0 radical (unpaired) electrons. The largest absolute Gasteiger partial charge is 0.477 e. The Morgan fingerprint density at radius 2 is 2.22 bits per heavy atom. The lowest BCUT2D eigenvalue weighted by atomic mass is 10.0. The second-order valence-corrected chi connectivity index (χ2v) is 8.01.